The molecule has 0 N–H and O–H groups in total. The third-order valence-corrected chi connectivity index (χ3v) is 1.28. The maximum Gasteiger partial charge on any atom is 0.126 e. The lowest BCUT2D eigenvalue weighted by Gasteiger charge is -1.95. The highest BCUT2D eigenvalue weighted by Gasteiger charge is 1.97. The third kappa shape index (κ3) is 3.62. The van der Waals surface area contributed by atoms with Gasteiger partial charge in [0.1, 0.15) is 5.83 Å². The van der Waals surface area contributed by atoms with E-state index in [0.29, 0.717) is 16.5 Å². The summed E-state index contributed by atoms with van der Waals surface area (Å²) >= 11 is 3.02. The van der Waals surface area contributed by atoms with Crippen LogP contribution < -0.4 is 0 Å². The van der Waals surface area contributed by atoms with Crippen molar-refractivity contribution in [2.45, 2.75) is 13.3 Å². The van der Waals surface area contributed by atoms with Crippen molar-refractivity contribution in [2.24, 2.45) is 0 Å². The Labute approximate surface area is 69.3 Å². The molecule has 56 valence electrons. The fourth-order valence-electron chi connectivity index (χ4n) is 0.408. The molecule has 0 unspecified atom stereocenters. The van der Waals surface area contributed by atoms with E-state index in [-0.39, 0.29) is 5.83 Å². The Morgan fingerprint density at radius 1 is 1.60 bits per heavy atom. The number of hydrogen-bond donors (Lipinski definition) is 0. The van der Waals surface area contributed by atoms with Crippen LogP contribution in [0.5, 0.6) is 0 Å². The Bertz CT molecular complexity index is 180. The zero-order valence-corrected chi connectivity index (χ0v) is 7.54. The summed E-state index contributed by atoms with van der Waals surface area (Å²) in [6.45, 7) is 8.85. The van der Waals surface area contributed by atoms with E-state index in [2.05, 4.69) is 29.1 Å². The minimum absolute atomic E-state index is 0.302. The largest absolute Gasteiger partial charge is 0.207 e. The molecule has 0 aromatic heterocycles. The molecule has 0 amide bonds. The van der Waals surface area contributed by atoms with Crippen molar-refractivity contribution in [3.8, 4) is 0 Å². The molecular formula is C8H10BrF. The van der Waals surface area contributed by atoms with E-state index >= 15 is 0 Å². The van der Waals surface area contributed by atoms with Gasteiger partial charge in [-0.25, -0.2) is 4.39 Å². The normalized spacial score (nSPS) is 11.3. The molecule has 0 radical (unpaired) electrons. The van der Waals surface area contributed by atoms with E-state index in [1.807, 2.05) is 6.92 Å². The van der Waals surface area contributed by atoms with Gasteiger partial charge in [-0.3, -0.25) is 0 Å². The van der Waals surface area contributed by atoms with E-state index in [9.17, 15) is 4.39 Å². The molecule has 0 spiro atoms. The monoisotopic (exact) mass is 204 g/mol. The van der Waals surface area contributed by atoms with Crippen LogP contribution in [-0.2, 0) is 0 Å². The highest BCUT2D eigenvalue weighted by atomic mass is 79.9. The fourth-order valence-corrected chi connectivity index (χ4v) is 0.609. The minimum atomic E-state index is -0.302. The predicted molar refractivity (Wildman–Crippen MR) is 46.7 cm³/mol. The molecule has 0 rings (SSSR count). The van der Waals surface area contributed by atoms with E-state index in [1.54, 1.807) is 0 Å². The second-order valence-electron chi connectivity index (χ2n) is 1.90. The standard InChI is InChI=1S/C8H10BrF/c1-4-6(2)8(10)5-7(3)9/h5H,2-4H2,1H3/b8-5+. The number of halogens is 2. The van der Waals surface area contributed by atoms with Gasteiger partial charge in [-0.2, -0.15) is 0 Å². The van der Waals surface area contributed by atoms with Crippen LogP contribution in [-0.4, -0.2) is 0 Å². The summed E-state index contributed by atoms with van der Waals surface area (Å²) in [4.78, 5) is 0. The van der Waals surface area contributed by atoms with Crippen molar-refractivity contribution in [3.63, 3.8) is 0 Å². The van der Waals surface area contributed by atoms with Crippen molar-refractivity contribution in [2.75, 3.05) is 0 Å². The molecule has 0 saturated carbocycles. The van der Waals surface area contributed by atoms with Gasteiger partial charge in [-0.15, -0.1) is 0 Å². The highest BCUT2D eigenvalue weighted by Crippen LogP contribution is 2.16. The van der Waals surface area contributed by atoms with Crippen molar-refractivity contribution >= 4 is 15.9 Å². The minimum Gasteiger partial charge on any atom is -0.207 e. The average molecular weight is 205 g/mol. The number of allylic oxidation sites excluding steroid dienone is 4. The maximum atomic E-state index is 12.7. The average Bonchev–Trinajstić information content (AvgIpc) is 1.85. The van der Waals surface area contributed by atoms with Gasteiger partial charge < -0.3 is 0 Å². The Morgan fingerprint density at radius 2 is 2.10 bits per heavy atom. The molecule has 2 heteroatoms. The van der Waals surface area contributed by atoms with Gasteiger partial charge in [0, 0.05) is 4.48 Å². The molecule has 0 aromatic rings. The Kier molecular flexibility index (Phi) is 4.28. The lowest BCUT2D eigenvalue weighted by Crippen LogP contribution is -1.78. The first kappa shape index (κ1) is 9.63. The molecule has 0 aliphatic heterocycles. The molecule has 0 aliphatic carbocycles. The van der Waals surface area contributed by atoms with Crippen molar-refractivity contribution in [1.82, 2.24) is 0 Å². The smallest absolute Gasteiger partial charge is 0.126 e. The van der Waals surface area contributed by atoms with Gasteiger partial charge in [-0.1, -0.05) is 36.0 Å². The quantitative estimate of drug-likeness (QED) is 0.616. The molecule has 0 atom stereocenters. The second-order valence-corrected chi connectivity index (χ2v) is 2.91. The van der Waals surface area contributed by atoms with E-state index in [0.717, 1.165) is 0 Å². The highest BCUT2D eigenvalue weighted by molar-refractivity contribution is 9.11. The zero-order chi connectivity index (χ0) is 8.15. The van der Waals surface area contributed by atoms with Crippen LogP contribution in [0.1, 0.15) is 13.3 Å². The molecule has 0 fully saturated rings. The topological polar surface area (TPSA) is 0 Å². The molecule has 0 aliphatic rings. The SMILES string of the molecule is C=C(Br)/C=C(/F)C(=C)CC. The zero-order valence-electron chi connectivity index (χ0n) is 5.95. The van der Waals surface area contributed by atoms with Crippen LogP contribution in [0.4, 0.5) is 4.39 Å². The van der Waals surface area contributed by atoms with Crippen LogP contribution in [0.3, 0.4) is 0 Å². The molecular weight excluding hydrogens is 195 g/mol. The van der Waals surface area contributed by atoms with Gasteiger partial charge in [0.2, 0.25) is 0 Å². The van der Waals surface area contributed by atoms with E-state index in [4.69, 9.17) is 0 Å². The van der Waals surface area contributed by atoms with Crippen molar-refractivity contribution in [1.29, 1.82) is 0 Å². The predicted octanol–water partition coefficient (Wildman–Crippen LogP) is 3.71. The third-order valence-electron chi connectivity index (χ3n) is 1.05. The lowest BCUT2D eigenvalue weighted by atomic mass is 10.2. The van der Waals surface area contributed by atoms with Crippen LogP contribution in [0, 0.1) is 0 Å². The Balaban J connectivity index is 4.19. The summed E-state index contributed by atoms with van der Waals surface area (Å²) in [5.74, 6) is -0.302. The van der Waals surface area contributed by atoms with Gasteiger partial charge in [0.25, 0.3) is 0 Å². The molecule has 0 saturated heterocycles. The van der Waals surface area contributed by atoms with Crippen LogP contribution >= 0.6 is 15.9 Å². The van der Waals surface area contributed by atoms with Crippen LogP contribution in [0.2, 0.25) is 0 Å². The summed E-state index contributed by atoms with van der Waals surface area (Å²) < 4.78 is 13.2. The Morgan fingerprint density at radius 3 is 2.40 bits per heavy atom. The second kappa shape index (κ2) is 4.45. The van der Waals surface area contributed by atoms with Crippen LogP contribution in [0.15, 0.2) is 35.1 Å². The van der Waals surface area contributed by atoms with E-state index in [1.165, 1.54) is 6.08 Å². The summed E-state index contributed by atoms with van der Waals surface area (Å²) in [6, 6.07) is 0. The van der Waals surface area contributed by atoms with E-state index < -0.39 is 0 Å². The molecule has 0 heterocycles. The van der Waals surface area contributed by atoms with Crippen LogP contribution in [0.25, 0.3) is 0 Å². The summed E-state index contributed by atoms with van der Waals surface area (Å²) in [5.41, 5.74) is 0.501. The first-order valence-corrected chi connectivity index (χ1v) is 3.77. The Hall–Kier alpha value is -0.370. The summed E-state index contributed by atoms with van der Waals surface area (Å²) in [5, 5.41) is 0. The molecule has 0 bridgehead atoms. The summed E-state index contributed by atoms with van der Waals surface area (Å²) in [6.07, 6.45) is 1.94. The van der Waals surface area contributed by atoms with Crippen molar-refractivity contribution < 1.29 is 4.39 Å². The van der Waals surface area contributed by atoms with Gasteiger partial charge in [-0.05, 0) is 18.1 Å². The first-order valence-electron chi connectivity index (χ1n) is 2.97. The van der Waals surface area contributed by atoms with Crippen molar-refractivity contribution in [3.05, 3.63) is 35.1 Å². The number of rotatable bonds is 3. The van der Waals surface area contributed by atoms with Gasteiger partial charge in [0.15, 0.2) is 0 Å². The van der Waals surface area contributed by atoms with Gasteiger partial charge in [0.05, 0.1) is 0 Å². The first-order chi connectivity index (χ1) is 4.57. The summed E-state index contributed by atoms with van der Waals surface area (Å²) in [7, 11) is 0. The lowest BCUT2D eigenvalue weighted by molar-refractivity contribution is 0.644. The van der Waals surface area contributed by atoms with Gasteiger partial charge >= 0.3 is 0 Å². The maximum absolute atomic E-state index is 12.7. The molecule has 10 heavy (non-hydrogen) atoms. The number of hydrogen-bond acceptors (Lipinski definition) is 0. The fraction of sp³-hybridized carbons (Fsp3) is 0.250. The molecule has 0 aromatic carbocycles. The molecule has 0 nitrogen and oxygen atoms in total.